The Morgan fingerprint density at radius 1 is 1.07 bits per heavy atom. The van der Waals surface area contributed by atoms with Gasteiger partial charge in [-0.1, -0.05) is 26.8 Å². The average Bonchev–Trinajstić information content (AvgIpc) is 2.58. The summed E-state index contributed by atoms with van der Waals surface area (Å²) >= 11 is 0. The van der Waals surface area contributed by atoms with Gasteiger partial charge in [-0.3, -0.25) is 9.59 Å². The van der Waals surface area contributed by atoms with Crippen molar-refractivity contribution in [1.82, 2.24) is 9.80 Å². The minimum absolute atomic E-state index is 0. The minimum atomic E-state index is -3.37. The predicted octanol–water partition coefficient (Wildman–Crippen LogP) is 1.17. The summed E-state index contributed by atoms with van der Waals surface area (Å²) in [5, 5.41) is 0. The number of nitrogens with zero attached hydrogens (tertiary/aromatic N) is 2. The Bertz CT molecular complexity index is 797. The fraction of sp³-hybridized carbons (Fsp3) is 0.556. The molecule has 0 aliphatic carbocycles. The summed E-state index contributed by atoms with van der Waals surface area (Å²) in [5.74, 6) is -0.341. The number of hydrogen-bond acceptors (Lipinski definition) is 5. The Balaban J connectivity index is 0.00000364. The normalized spacial score (nSPS) is 16.5. The van der Waals surface area contributed by atoms with Crippen LogP contribution in [0, 0.1) is 5.41 Å². The van der Waals surface area contributed by atoms with Gasteiger partial charge < -0.3 is 15.5 Å². The Hall–Kier alpha value is -1.64. The molecule has 2 N–H and O–H groups in total. The van der Waals surface area contributed by atoms with Gasteiger partial charge >= 0.3 is 0 Å². The number of nitrogens with two attached hydrogens (primary N) is 1. The molecule has 1 atom stereocenters. The molecule has 1 aromatic carbocycles. The Morgan fingerprint density at radius 3 is 2.07 bits per heavy atom. The summed E-state index contributed by atoms with van der Waals surface area (Å²) in [7, 11) is -3.37. The molecular formula is C18H28ClN3O4S. The first-order chi connectivity index (χ1) is 11.9. The number of rotatable bonds is 3. The van der Waals surface area contributed by atoms with E-state index in [1.807, 2.05) is 20.8 Å². The van der Waals surface area contributed by atoms with Crippen LogP contribution >= 0.6 is 12.4 Å². The molecule has 9 heteroatoms. The van der Waals surface area contributed by atoms with Crippen molar-refractivity contribution in [2.75, 3.05) is 32.4 Å². The molecule has 1 heterocycles. The van der Waals surface area contributed by atoms with E-state index < -0.39 is 15.9 Å². The van der Waals surface area contributed by atoms with Crippen molar-refractivity contribution in [2.24, 2.45) is 11.1 Å². The van der Waals surface area contributed by atoms with E-state index in [1.165, 1.54) is 12.1 Å². The van der Waals surface area contributed by atoms with E-state index in [0.717, 1.165) is 6.26 Å². The van der Waals surface area contributed by atoms with Crippen LogP contribution in [0.2, 0.25) is 0 Å². The highest BCUT2D eigenvalue weighted by atomic mass is 35.5. The Kier molecular flexibility index (Phi) is 7.44. The second-order valence-electron chi connectivity index (χ2n) is 7.76. The first-order valence-corrected chi connectivity index (χ1v) is 10.4. The summed E-state index contributed by atoms with van der Waals surface area (Å²) in [4.78, 5) is 28.6. The lowest BCUT2D eigenvalue weighted by molar-refractivity contribution is -0.136. The molecule has 0 unspecified atom stereocenters. The summed E-state index contributed by atoms with van der Waals surface area (Å²) in [6.45, 7) is 7.38. The van der Waals surface area contributed by atoms with Gasteiger partial charge in [0, 0.05) is 38.0 Å². The molecule has 0 saturated carbocycles. The largest absolute Gasteiger partial charge is 0.338 e. The molecule has 0 radical (unpaired) electrons. The topological polar surface area (TPSA) is 101 Å². The highest BCUT2D eigenvalue weighted by Gasteiger charge is 2.33. The fourth-order valence-electron chi connectivity index (χ4n) is 2.74. The second-order valence-corrected chi connectivity index (χ2v) is 9.78. The van der Waals surface area contributed by atoms with Crippen LogP contribution in [-0.2, 0) is 14.6 Å². The van der Waals surface area contributed by atoms with Crippen LogP contribution in [-0.4, -0.2) is 68.5 Å². The lowest BCUT2D eigenvalue weighted by Gasteiger charge is -2.38. The molecule has 152 valence electrons. The monoisotopic (exact) mass is 417 g/mol. The van der Waals surface area contributed by atoms with Crippen molar-refractivity contribution in [3.8, 4) is 0 Å². The van der Waals surface area contributed by atoms with Crippen LogP contribution in [0.4, 0.5) is 0 Å². The van der Waals surface area contributed by atoms with Crippen LogP contribution < -0.4 is 5.73 Å². The van der Waals surface area contributed by atoms with E-state index in [9.17, 15) is 18.0 Å². The van der Waals surface area contributed by atoms with Crippen molar-refractivity contribution in [1.29, 1.82) is 0 Å². The van der Waals surface area contributed by atoms with Gasteiger partial charge in [-0.05, 0) is 23.6 Å². The predicted molar refractivity (Wildman–Crippen MR) is 107 cm³/mol. The standard InChI is InChI=1S/C18H27N3O4S.ClH/c1-18(2,3)15(19)17(23)21-10-8-20(9-11-21)16(22)13-6-5-7-14(12-13)26(4,24)25;/h5-7,12,15H,8-11,19H2,1-4H3;1H/t15-;/m1./s1. The maximum Gasteiger partial charge on any atom is 0.254 e. The Morgan fingerprint density at radius 2 is 1.59 bits per heavy atom. The molecule has 2 amide bonds. The van der Waals surface area contributed by atoms with Gasteiger partial charge in [0.05, 0.1) is 10.9 Å². The third kappa shape index (κ3) is 5.67. The number of hydrogen-bond donors (Lipinski definition) is 1. The number of sulfone groups is 1. The molecule has 27 heavy (non-hydrogen) atoms. The zero-order chi connectivity index (χ0) is 19.7. The van der Waals surface area contributed by atoms with Crippen molar-refractivity contribution >= 4 is 34.1 Å². The van der Waals surface area contributed by atoms with Gasteiger partial charge in [0.2, 0.25) is 5.91 Å². The molecule has 1 saturated heterocycles. The van der Waals surface area contributed by atoms with E-state index in [-0.39, 0.29) is 34.5 Å². The first kappa shape index (κ1) is 23.4. The van der Waals surface area contributed by atoms with Crippen molar-refractivity contribution in [2.45, 2.75) is 31.7 Å². The number of carbonyl (C=O) groups excluding carboxylic acids is 2. The van der Waals surface area contributed by atoms with Gasteiger partial charge in [0.15, 0.2) is 9.84 Å². The first-order valence-electron chi connectivity index (χ1n) is 8.55. The lowest BCUT2D eigenvalue weighted by Crippen LogP contribution is -2.56. The molecule has 1 aliphatic rings. The molecule has 1 fully saturated rings. The van der Waals surface area contributed by atoms with E-state index >= 15 is 0 Å². The molecule has 0 spiro atoms. The van der Waals surface area contributed by atoms with Crippen molar-refractivity contribution < 1.29 is 18.0 Å². The number of carbonyl (C=O) groups is 2. The Labute approximate surface area is 167 Å². The highest BCUT2D eigenvalue weighted by Crippen LogP contribution is 2.20. The summed E-state index contributed by atoms with van der Waals surface area (Å²) < 4.78 is 23.3. The van der Waals surface area contributed by atoms with Crippen LogP contribution in [0.1, 0.15) is 31.1 Å². The van der Waals surface area contributed by atoms with Gasteiger partial charge in [-0.25, -0.2) is 8.42 Å². The van der Waals surface area contributed by atoms with Crippen LogP contribution in [0.15, 0.2) is 29.2 Å². The highest BCUT2D eigenvalue weighted by molar-refractivity contribution is 7.90. The van der Waals surface area contributed by atoms with Crippen molar-refractivity contribution in [3.63, 3.8) is 0 Å². The number of benzene rings is 1. The maximum absolute atomic E-state index is 12.7. The fourth-order valence-corrected chi connectivity index (χ4v) is 3.41. The van der Waals surface area contributed by atoms with Crippen molar-refractivity contribution in [3.05, 3.63) is 29.8 Å². The number of halogens is 1. The number of amides is 2. The summed E-state index contributed by atoms with van der Waals surface area (Å²) in [6.07, 6.45) is 1.11. The average molecular weight is 418 g/mol. The van der Waals surface area contributed by atoms with E-state index in [4.69, 9.17) is 5.73 Å². The van der Waals surface area contributed by atoms with Gasteiger partial charge in [-0.2, -0.15) is 0 Å². The van der Waals surface area contributed by atoms with Crippen LogP contribution in [0.5, 0.6) is 0 Å². The lowest BCUT2D eigenvalue weighted by atomic mass is 9.86. The second kappa shape index (κ2) is 8.58. The summed E-state index contributed by atoms with van der Waals surface area (Å²) in [6, 6.07) is 5.44. The molecule has 1 aliphatic heterocycles. The van der Waals surface area contributed by atoms with Crippen LogP contribution in [0.3, 0.4) is 0 Å². The molecule has 1 aromatic rings. The molecule has 0 bridgehead atoms. The van der Waals surface area contributed by atoms with Gasteiger partial charge in [-0.15, -0.1) is 12.4 Å². The molecular weight excluding hydrogens is 390 g/mol. The van der Waals surface area contributed by atoms with Gasteiger partial charge in [0.25, 0.3) is 5.91 Å². The molecule has 7 nitrogen and oxygen atoms in total. The summed E-state index contributed by atoms with van der Waals surface area (Å²) in [5.41, 5.74) is 6.05. The molecule has 2 rings (SSSR count). The number of piperazine rings is 1. The zero-order valence-electron chi connectivity index (χ0n) is 16.1. The third-order valence-corrected chi connectivity index (χ3v) is 5.70. The van der Waals surface area contributed by atoms with Crippen LogP contribution in [0.25, 0.3) is 0 Å². The van der Waals surface area contributed by atoms with Gasteiger partial charge in [0.1, 0.15) is 0 Å². The molecule has 0 aromatic heterocycles. The zero-order valence-corrected chi connectivity index (χ0v) is 17.8. The quantitative estimate of drug-likeness (QED) is 0.795. The van der Waals surface area contributed by atoms with E-state index in [2.05, 4.69) is 0 Å². The maximum atomic E-state index is 12.7. The smallest absolute Gasteiger partial charge is 0.254 e. The third-order valence-electron chi connectivity index (χ3n) is 4.59. The SMILES string of the molecule is CC(C)(C)[C@H](N)C(=O)N1CCN(C(=O)c2cccc(S(C)(=O)=O)c2)CC1.Cl. The van der Waals surface area contributed by atoms with E-state index in [0.29, 0.717) is 31.7 Å². The van der Waals surface area contributed by atoms with E-state index in [1.54, 1.807) is 21.9 Å². The minimum Gasteiger partial charge on any atom is -0.338 e.